The molecule has 0 radical (unpaired) electrons. The zero-order valence-corrected chi connectivity index (χ0v) is 13.7. The molecule has 0 amide bonds. The molecule has 0 aliphatic heterocycles. The molecule has 12 heteroatoms. The van der Waals surface area contributed by atoms with Crippen molar-refractivity contribution < 1.29 is 46.6 Å². The zero-order chi connectivity index (χ0) is 17.8. The van der Waals surface area contributed by atoms with Gasteiger partial charge in [0.2, 0.25) is 0 Å². The number of nitrogens with zero attached hydrogens (tertiary/aromatic N) is 4. The Kier molecular flexibility index (Phi) is 46.6. The molecule has 0 saturated carbocycles. The van der Waals surface area contributed by atoms with E-state index in [1.165, 1.54) is 27.7 Å². The second-order valence-corrected chi connectivity index (χ2v) is 3.17. The van der Waals surface area contributed by atoms with Crippen LogP contribution in [0.4, 0.5) is 13.2 Å². The van der Waals surface area contributed by atoms with Gasteiger partial charge in [-0.3, -0.25) is 0 Å². The van der Waals surface area contributed by atoms with Gasteiger partial charge in [-0.1, -0.05) is 0 Å². The molecule has 0 unspecified atom stereocenters. The number of rotatable bonds is 0. The van der Waals surface area contributed by atoms with Crippen LogP contribution in [0.1, 0.15) is 27.7 Å². The van der Waals surface area contributed by atoms with E-state index in [0.29, 0.717) is 0 Å². The topological polar surface area (TPSA) is 152 Å². The summed E-state index contributed by atoms with van der Waals surface area (Å²) < 4.78 is 58.9. The molecule has 0 rings (SSSR count). The van der Waals surface area contributed by atoms with Crippen molar-refractivity contribution in [1.82, 2.24) is 0 Å². The van der Waals surface area contributed by atoms with Crippen molar-refractivity contribution in [2.24, 2.45) is 0 Å². The number of halogens is 3. The first-order valence-electron chi connectivity index (χ1n) is 4.17. The molecule has 0 saturated heterocycles. The van der Waals surface area contributed by atoms with Crippen molar-refractivity contribution in [3.63, 3.8) is 0 Å². The van der Waals surface area contributed by atoms with Gasteiger partial charge in [-0.25, -0.2) is 8.42 Å². The van der Waals surface area contributed by atoms with Gasteiger partial charge in [0.15, 0.2) is 10.1 Å². The van der Waals surface area contributed by atoms with E-state index in [1.807, 2.05) is 0 Å². The number of hydrogen-bond acceptors (Lipinski definition) is 7. The summed E-state index contributed by atoms with van der Waals surface area (Å²) in [6.45, 7) is 5.72. The van der Waals surface area contributed by atoms with E-state index in [0.717, 1.165) is 0 Å². The van der Waals surface area contributed by atoms with E-state index in [1.54, 1.807) is 24.3 Å². The minimum Gasteiger partial charge on any atom is -0.741 e. The van der Waals surface area contributed by atoms with Crippen molar-refractivity contribution in [2.75, 3.05) is 0 Å². The molecule has 0 aliphatic rings. The molecule has 7 nitrogen and oxygen atoms in total. The monoisotopic (exact) mass is 419 g/mol. The third-order valence-electron chi connectivity index (χ3n) is 0.283. The Hall–Kier alpha value is -1.68. The maximum Gasteiger partial charge on any atom is 2.00 e. The smallest absolute Gasteiger partial charge is 0.741 e. The van der Waals surface area contributed by atoms with Crippen LogP contribution in [0.15, 0.2) is 0 Å². The summed E-state index contributed by atoms with van der Waals surface area (Å²) in [7, 11) is -6.09. The van der Waals surface area contributed by atoms with E-state index >= 15 is 0 Å². The van der Waals surface area contributed by atoms with Crippen molar-refractivity contribution in [3.8, 4) is 24.3 Å². The summed E-state index contributed by atoms with van der Waals surface area (Å²) in [5.74, 6) is 0. The van der Waals surface area contributed by atoms with E-state index in [2.05, 4.69) is 0 Å². The normalized spacial score (nSPS) is 6.86. The Labute approximate surface area is 135 Å². The first kappa shape index (κ1) is 36.5. The maximum atomic E-state index is 10.7. The Morgan fingerprint density at radius 2 is 0.857 bits per heavy atom. The molecule has 0 N–H and O–H groups in total. The standard InChI is InChI=1S/4C2H3N.CHF3O3S.Pd/c4*1-2-3;2-1(3,4)8(5,6)7;/h4*1H3;(H,5,6,7);/q;;;;;+2/p-1. The third-order valence-corrected chi connectivity index (χ3v) is 0.850. The van der Waals surface area contributed by atoms with Gasteiger partial charge in [0.25, 0.3) is 0 Å². The predicted molar refractivity (Wildman–Crippen MR) is 60.9 cm³/mol. The van der Waals surface area contributed by atoms with Crippen LogP contribution in [0.3, 0.4) is 0 Å². The fourth-order valence-electron chi connectivity index (χ4n) is 0. The average Bonchev–Trinajstić information content (AvgIpc) is 2.18. The number of alkyl halides is 3. The SMILES string of the molecule is CC#N.CC#N.CC#N.CC#N.O=S(=O)([O-])C(F)(F)F.[Pd+2]. The molecular weight excluding hydrogens is 408 g/mol. The molecule has 122 valence electrons. The molecule has 0 aromatic rings. The molecule has 0 fully saturated rings. The Bertz CT molecular complexity index is 419. The van der Waals surface area contributed by atoms with Crippen LogP contribution in [0.25, 0.3) is 0 Å². The summed E-state index contributed by atoms with van der Waals surface area (Å²) in [4.78, 5) is 0. The largest absolute Gasteiger partial charge is 2.00 e. The van der Waals surface area contributed by atoms with Crippen LogP contribution in [0.5, 0.6) is 0 Å². The van der Waals surface area contributed by atoms with Gasteiger partial charge in [0.1, 0.15) is 0 Å². The zero-order valence-electron chi connectivity index (χ0n) is 11.4. The van der Waals surface area contributed by atoms with Crippen LogP contribution in [0.2, 0.25) is 0 Å². The summed E-state index contributed by atoms with van der Waals surface area (Å²) >= 11 is 0. The van der Waals surface area contributed by atoms with Crippen molar-refractivity contribution in [1.29, 1.82) is 21.0 Å². The summed E-state index contributed by atoms with van der Waals surface area (Å²) in [5, 5.41) is 29.3. The molecule has 0 aromatic heterocycles. The molecule has 0 atom stereocenters. The molecule has 21 heavy (non-hydrogen) atoms. The van der Waals surface area contributed by atoms with E-state index in [-0.39, 0.29) is 20.4 Å². The van der Waals surface area contributed by atoms with Crippen molar-refractivity contribution in [2.45, 2.75) is 33.2 Å². The number of nitriles is 4. The molecule has 0 heterocycles. The fourth-order valence-corrected chi connectivity index (χ4v) is 0. The second-order valence-electron chi connectivity index (χ2n) is 1.79. The summed E-state index contributed by atoms with van der Waals surface area (Å²) in [6.07, 6.45) is 0. The summed E-state index contributed by atoms with van der Waals surface area (Å²) in [6, 6.07) is 7.00. The van der Waals surface area contributed by atoms with Crippen LogP contribution in [-0.2, 0) is 30.5 Å². The third kappa shape index (κ3) is 91.0. The van der Waals surface area contributed by atoms with Gasteiger partial charge >= 0.3 is 25.9 Å². The van der Waals surface area contributed by atoms with Crippen LogP contribution < -0.4 is 0 Å². The first-order valence-corrected chi connectivity index (χ1v) is 5.57. The van der Waals surface area contributed by atoms with E-state index in [9.17, 15) is 13.2 Å². The van der Waals surface area contributed by atoms with E-state index < -0.39 is 15.6 Å². The van der Waals surface area contributed by atoms with Crippen LogP contribution in [-0.4, -0.2) is 18.5 Å². The Morgan fingerprint density at radius 3 is 0.857 bits per heavy atom. The second kappa shape index (κ2) is 26.8. The molecular formula is C9H12F3N4O3PdS+. The van der Waals surface area contributed by atoms with Gasteiger partial charge < -0.3 is 4.55 Å². The predicted octanol–water partition coefficient (Wildman–Crippen LogP) is 2.17. The van der Waals surface area contributed by atoms with Crippen molar-refractivity contribution in [3.05, 3.63) is 0 Å². The summed E-state index contributed by atoms with van der Waals surface area (Å²) in [5.41, 5.74) is -5.65. The fraction of sp³-hybridized carbons (Fsp3) is 0.556. The molecule has 0 aliphatic carbocycles. The molecule has 0 bridgehead atoms. The van der Waals surface area contributed by atoms with Gasteiger partial charge in [0.05, 0.1) is 24.3 Å². The van der Waals surface area contributed by atoms with Gasteiger partial charge in [0, 0.05) is 27.7 Å². The minimum atomic E-state index is -6.09. The Morgan fingerprint density at radius 1 is 0.810 bits per heavy atom. The van der Waals surface area contributed by atoms with Crippen molar-refractivity contribution >= 4 is 10.1 Å². The van der Waals surface area contributed by atoms with Gasteiger partial charge in [-0.2, -0.15) is 34.2 Å². The van der Waals surface area contributed by atoms with Gasteiger partial charge in [-0.15, -0.1) is 0 Å². The van der Waals surface area contributed by atoms with E-state index in [4.69, 9.17) is 34.0 Å². The van der Waals surface area contributed by atoms with Crippen LogP contribution in [0, 0.1) is 45.3 Å². The average molecular weight is 420 g/mol. The first-order chi connectivity index (χ1) is 8.91. The molecule has 0 aromatic carbocycles. The maximum absolute atomic E-state index is 10.7. The quantitative estimate of drug-likeness (QED) is 0.331. The minimum absolute atomic E-state index is 0. The molecule has 0 spiro atoms. The Balaban J connectivity index is -0.0000000369. The van der Waals surface area contributed by atoms with Gasteiger partial charge in [-0.05, 0) is 0 Å². The number of hydrogen-bond donors (Lipinski definition) is 0. The van der Waals surface area contributed by atoms with Crippen LogP contribution >= 0.6 is 0 Å².